The number of carbonyl (C=O) groups excluding carboxylic acids is 2. The molecule has 2 N–H and O–H groups in total. The number of methoxy groups -OCH3 is 1. The van der Waals surface area contributed by atoms with Crippen LogP contribution in [0.2, 0.25) is 0 Å². The van der Waals surface area contributed by atoms with Gasteiger partial charge in [-0.25, -0.2) is 4.79 Å². The molecule has 0 aromatic heterocycles. The molecule has 0 bridgehead atoms. The van der Waals surface area contributed by atoms with Gasteiger partial charge in [-0.15, -0.1) is 0 Å². The molecule has 1 unspecified atom stereocenters. The Morgan fingerprint density at radius 3 is 2.19 bits per heavy atom. The van der Waals surface area contributed by atoms with Crippen LogP contribution in [0.1, 0.15) is 33.6 Å². The summed E-state index contributed by atoms with van der Waals surface area (Å²) < 4.78 is 8.99. The quantitative estimate of drug-likeness (QED) is 0.788. The average Bonchev–Trinajstić information content (AvgIpc) is 2.73. The van der Waals surface area contributed by atoms with Crippen molar-refractivity contribution in [2.45, 2.75) is 33.6 Å². The molecule has 0 saturated carbocycles. The van der Waals surface area contributed by atoms with Crippen LogP contribution in [0.3, 0.4) is 0 Å². The second-order valence-corrected chi connectivity index (χ2v) is 3.16. The SMILES string of the molecule is CC.CC(=O)CC1CCOC1.COC(N)=O. The van der Waals surface area contributed by atoms with Crippen molar-refractivity contribution >= 4 is 11.9 Å². The van der Waals surface area contributed by atoms with Crippen LogP contribution in [0.15, 0.2) is 0 Å². The first kappa shape index (κ1) is 17.3. The molecule has 0 spiro atoms. The smallest absolute Gasteiger partial charge is 0.404 e. The normalized spacial score (nSPS) is 17.4. The van der Waals surface area contributed by atoms with E-state index in [1.165, 1.54) is 7.11 Å². The second kappa shape index (κ2) is 12.0. The molecule has 0 radical (unpaired) electrons. The Bertz CT molecular complexity index is 188. The lowest BCUT2D eigenvalue weighted by Gasteiger charge is -2.00. The fourth-order valence-corrected chi connectivity index (χ4v) is 1.15. The number of hydrogen-bond acceptors (Lipinski definition) is 4. The Morgan fingerprint density at radius 2 is 1.94 bits per heavy atom. The van der Waals surface area contributed by atoms with Crippen LogP contribution in [0.25, 0.3) is 0 Å². The van der Waals surface area contributed by atoms with Crippen LogP contribution in [0.5, 0.6) is 0 Å². The van der Waals surface area contributed by atoms with Crippen molar-refractivity contribution in [3.63, 3.8) is 0 Å². The van der Waals surface area contributed by atoms with E-state index in [2.05, 4.69) is 10.5 Å². The summed E-state index contributed by atoms with van der Waals surface area (Å²) in [5.41, 5.74) is 4.43. The van der Waals surface area contributed by atoms with Crippen molar-refractivity contribution < 1.29 is 19.1 Å². The van der Waals surface area contributed by atoms with Gasteiger partial charge in [-0.3, -0.25) is 0 Å². The first-order chi connectivity index (χ1) is 7.56. The van der Waals surface area contributed by atoms with Gasteiger partial charge in [0.1, 0.15) is 5.78 Å². The largest absolute Gasteiger partial charge is 0.453 e. The standard InChI is InChI=1S/C7H12O2.C2H5NO2.C2H6/c1-6(8)4-7-2-3-9-5-7;1-5-2(3)4;1-2/h7H,2-5H2,1H3;1H3,(H2,3,4);1-2H3. The summed E-state index contributed by atoms with van der Waals surface area (Å²) in [6.45, 7) is 7.27. The topological polar surface area (TPSA) is 78.6 Å². The van der Waals surface area contributed by atoms with Crippen LogP contribution in [0.4, 0.5) is 4.79 Å². The number of carbonyl (C=O) groups is 2. The van der Waals surface area contributed by atoms with Gasteiger partial charge in [0.15, 0.2) is 0 Å². The van der Waals surface area contributed by atoms with Gasteiger partial charge in [-0.05, 0) is 19.3 Å². The molecule has 1 amide bonds. The maximum atomic E-state index is 10.5. The van der Waals surface area contributed by atoms with Gasteiger partial charge in [0, 0.05) is 19.6 Å². The van der Waals surface area contributed by atoms with Crippen molar-refractivity contribution in [3.05, 3.63) is 0 Å². The summed E-state index contributed by atoms with van der Waals surface area (Å²) in [6.07, 6.45) is 1.03. The summed E-state index contributed by atoms with van der Waals surface area (Å²) >= 11 is 0. The molecule has 5 heteroatoms. The highest BCUT2D eigenvalue weighted by atomic mass is 16.5. The first-order valence-corrected chi connectivity index (χ1v) is 5.46. The van der Waals surface area contributed by atoms with Gasteiger partial charge in [-0.2, -0.15) is 0 Å². The van der Waals surface area contributed by atoms with Crippen molar-refractivity contribution in [2.75, 3.05) is 20.3 Å². The Morgan fingerprint density at radius 1 is 1.44 bits per heavy atom. The van der Waals surface area contributed by atoms with Crippen molar-refractivity contribution in [1.82, 2.24) is 0 Å². The lowest BCUT2D eigenvalue weighted by Crippen LogP contribution is -2.08. The van der Waals surface area contributed by atoms with E-state index in [1.54, 1.807) is 6.92 Å². The number of nitrogens with two attached hydrogens (primary N) is 1. The van der Waals surface area contributed by atoms with Gasteiger partial charge in [-0.1, -0.05) is 13.8 Å². The van der Waals surface area contributed by atoms with E-state index in [4.69, 9.17) is 4.74 Å². The second-order valence-electron chi connectivity index (χ2n) is 3.16. The number of rotatable bonds is 2. The fraction of sp³-hybridized carbons (Fsp3) is 0.818. The van der Waals surface area contributed by atoms with E-state index in [9.17, 15) is 9.59 Å². The molecule has 96 valence electrons. The zero-order valence-electron chi connectivity index (χ0n) is 10.6. The highest BCUT2D eigenvalue weighted by Crippen LogP contribution is 2.15. The predicted molar refractivity (Wildman–Crippen MR) is 62.2 cm³/mol. The molecule has 1 saturated heterocycles. The maximum Gasteiger partial charge on any atom is 0.404 e. The minimum atomic E-state index is -0.745. The van der Waals surface area contributed by atoms with Crippen LogP contribution in [0, 0.1) is 5.92 Å². The number of primary amides is 1. The van der Waals surface area contributed by atoms with Gasteiger partial charge in [0.25, 0.3) is 0 Å². The zero-order valence-corrected chi connectivity index (χ0v) is 10.6. The third-order valence-corrected chi connectivity index (χ3v) is 1.80. The molecule has 16 heavy (non-hydrogen) atoms. The monoisotopic (exact) mass is 233 g/mol. The van der Waals surface area contributed by atoms with E-state index in [-0.39, 0.29) is 5.78 Å². The molecule has 1 atom stereocenters. The van der Waals surface area contributed by atoms with Crippen molar-refractivity contribution in [1.29, 1.82) is 0 Å². The molecule has 0 aromatic carbocycles. The van der Waals surface area contributed by atoms with Gasteiger partial charge in [0.2, 0.25) is 0 Å². The molecule has 1 aliphatic heterocycles. The van der Waals surface area contributed by atoms with Gasteiger partial charge in [0.05, 0.1) is 7.11 Å². The van der Waals surface area contributed by atoms with E-state index < -0.39 is 6.09 Å². The van der Waals surface area contributed by atoms with Crippen LogP contribution < -0.4 is 5.73 Å². The summed E-state index contributed by atoms with van der Waals surface area (Å²) in [5, 5.41) is 0. The van der Waals surface area contributed by atoms with Crippen LogP contribution in [-0.4, -0.2) is 32.2 Å². The summed E-state index contributed by atoms with van der Waals surface area (Å²) in [7, 11) is 1.22. The highest BCUT2D eigenvalue weighted by Gasteiger charge is 2.16. The molecule has 1 heterocycles. The Hall–Kier alpha value is -1.10. The molecular formula is C11H23NO4. The summed E-state index contributed by atoms with van der Waals surface area (Å²) in [4.78, 5) is 19.9. The van der Waals surface area contributed by atoms with Gasteiger partial charge < -0.3 is 20.0 Å². The minimum Gasteiger partial charge on any atom is -0.453 e. The zero-order chi connectivity index (χ0) is 13.0. The Balaban J connectivity index is 0. The van der Waals surface area contributed by atoms with Gasteiger partial charge >= 0.3 is 6.09 Å². The number of ketones is 1. The number of Topliss-reactive ketones (excluding diaryl/α,β-unsaturated/α-hetero) is 1. The third-order valence-electron chi connectivity index (χ3n) is 1.80. The van der Waals surface area contributed by atoms with E-state index >= 15 is 0 Å². The maximum absolute atomic E-state index is 10.5. The molecular weight excluding hydrogens is 210 g/mol. The lowest BCUT2D eigenvalue weighted by molar-refractivity contribution is -0.117. The molecule has 1 aliphatic rings. The fourth-order valence-electron chi connectivity index (χ4n) is 1.15. The van der Waals surface area contributed by atoms with E-state index in [1.807, 2.05) is 13.8 Å². The van der Waals surface area contributed by atoms with Crippen LogP contribution in [-0.2, 0) is 14.3 Å². The molecule has 1 fully saturated rings. The van der Waals surface area contributed by atoms with Crippen LogP contribution >= 0.6 is 0 Å². The summed E-state index contributed by atoms with van der Waals surface area (Å²) in [6, 6.07) is 0. The van der Waals surface area contributed by atoms with Crippen molar-refractivity contribution in [3.8, 4) is 0 Å². The molecule has 1 rings (SSSR count). The number of ether oxygens (including phenoxy) is 2. The summed E-state index contributed by atoms with van der Waals surface area (Å²) in [5.74, 6) is 0.799. The lowest BCUT2D eigenvalue weighted by atomic mass is 10.0. The predicted octanol–water partition coefficient (Wildman–Crippen LogP) is 1.74. The Kier molecular flexibility index (Phi) is 12.9. The number of hydrogen-bond donors (Lipinski definition) is 1. The van der Waals surface area contributed by atoms with E-state index in [0.717, 1.165) is 19.6 Å². The average molecular weight is 233 g/mol. The molecule has 5 nitrogen and oxygen atoms in total. The minimum absolute atomic E-state index is 0.283. The molecule has 0 aromatic rings. The Labute approximate surface area is 97.3 Å². The first-order valence-electron chi connectivity index (χ1n) is 5.46. The number of amides is 1. The van der Waals surface area contributed by atoms with E-state index in [0.29, 0.717) is 12.3 Å². The third kappa shape index (κ3) is 12.9. The van der Waals surface area contributed by atoms with Crippen molar-refractivity contribution in [2.24, 2.45) is 11.7 Å². The molecule has 0 aliphatic carbocycles. The highest BCUT2D eigenvalue weighted by molar-refractivity contribution is 5.75.